The van der Waals surface area contributed by atoms with Gasteiger partial charge in [-0.05, 0) is 24.8 Å². The number of fused-ring (bicyclic) bond motifs is 1. The summed E-state index contributed by atoms with van der Waals surface area (Å²) in [6.45, 7) is 1.31. The molecular formula is C16H18N2O3. The normalized spacial score (nSPS) is 28.1. The molecule has 1 saturated carbocycles. The molecule has 2 aliphatic heterocycles. The minimum atomic E-state index is -0.302. The minimum absolute atomic E-state index is 0.0429. The van der Waals surface area contributed by atoms with Crippen molar-refractivity contribution < 1.29 is 14.3 Å². The lowest BCUT2D eigenvalue weighted by Gasteiger charge is -2.34. The van der Waals surface area contributed by atoms with E-state index >= 15 is 0 Å². The van der Waals surface area contributed by atoms with Gasteiger partial charge >= 0.3 is 0 Å². The largest absolute Gasteiger partial charge is 0.493 e. The molecule has 0 spiro atoms. The third-order valence-corrected chi connectivity index (χ3v) is 4.56. The molecule has 5 nitrogen and oxygen atoms in total. The summed E-state index contributed by atoms with van der Waals surface area (Å²) < 4.78 is 5.66. The van der Waals surface area contributed by atoms with Crippen LogP contribution < -0.4 is 10.1 Å². The Balaban J connectivity index is 1.51. The number of hydrogen-bond donors (Lipinski definition) is 1. The first kappa shape index (κ1) is 12.7. The van der Waals surface area contributed by atoms with Crippen molar-refractivity contribution in [2.45, 2.75) is 24.8 Å². The molecule has 2 heterocycles. The fourth-order valence-corrected chi connectivity index (χ4v) is 3.28. The number of nitrogens with one attached hydrogen (secondary N) is 1. The van der Waals surface area contributed by atoms with E-state index in [1.165, 1.54) is 0 Å². The first-order valence-corrected chi connectivity index (χ1v) is 7.52. The van der Waals surface area contributed by atoms with Crippen LogP contribution in [0.5, 0.6) is 5.75 Å². The summed E-state index contributed by atoms with van der Waals surface area (Å²) in [4.78, 5) is 26.1. The number of para-hydroxylation sites is 1. The highest BCUT2D eigenvalue weighted by atomic mass is 16.5. The lowest BCUT2D eigenvalue weighted by Crippen LogP contribution is -2.59. The van der Waals surface area contributed by atoms with Crippen molar-refractivity contribution in [1.82, 2.24) is 10.2 Å². The molecule has 110 valence electrons. The van der Waals surface area contributed by atoms with Gasteiger partial charge < -0.3 is 15.0 Å². The molecule has 4 rings (SSSR count). The van der Waals surface area contributed by atoms with Gasteiger partial charge in [0.2, 0.25) is 11.8 Å². The second kappa shape index (κ2) is 4.76. The van der Waals surface area contributed by atoms with E-state index in [2.05, 4.69) is 5.32 Å². The van der Waals surface area contributed by atoms with Crippen LogP contribution in [0.25, 0.3) is 0 Å². The van der Waals surface area contributed by atoms with E-state index < -0.39 is 0 Å². The van der Waals surface area contributed by atoms with Crippen LogP contribution in [-0.4, -0.2) is 42.5 Å². The molecule has 5 heteroatoms. The topological polar surface area (TPSA) is 58.6 Å². The molecule has 3 aliphatic rings. The highest BCUT2D eigenvalue weighted by molar-refractivity contribution is 5.95. The molecule has 21 heavy (non-hydrogen) atoms. The van der Waals surface area contributed by atoms with Crippen LogP contribution in [0, 0.1) is 5.92 Å². The predicted octanol–water partition coefficient (Wildman–Crippen LogP) is 0.900. The van der Waals surface area contributed by atoms with Crippen LogP contribution in [0.1, 0.15) is 24.3 Å². The van der Waals surface area contributed by atoms with Gasteiger partial charge in [-0.25, -0.2) is 0 Å². The Morgan fingerprint density at radius 3 is 2.86 bits per heavy atom. The Hall–Kier alpha value is -2.04. The molecule has 1 aromatic carbocycles. The summed E-state index contributed by atoms with van der Waals surface area (Å²) in [5.41, 5.74) is 1.14. The van der Waals surface area contributed by atoms with Crippen molar-refractivity contribution in [3.8, 4) is 5.75 Å². The maximum absolute atomic E-state index is 12.5. The Labute approximate surface area is 123 Å². The zero-order valence-corrected chi connectivity index (χ0v) is 11.7. The maximum atomic E-state index is 12.5. The van der Waals surface area contributed by atoms with E-state index in [9.17, 15) is 9.59 Å². The number of nitrogens with zero attached hydrogens (tertiary/aromatic N) is 1. The summed E-state index contributed by atoms with van der Waals surface area (Å²) in [6.07, 6.45) is 2.08. The van der Waals surface area contributed by atoms with Crippen LogP contribution in [0.4, 0.5) is 0 Å². The van der Waals surface area contributed by atoms with Crippen LogP contribution in [0.15, 0.2) is 24.3 Å². The highest BCUT2D eigenvalue weighted by Gasteiger charge is 2.43. The summed E-state index contributed by atoms with van der Waals surface area (Å²) in [7, 11) is 0. The SMILES string of the molecule is O=C1CN(CC2COc3ccccc32)C(=O)C(C2CC2)N1. The molecule has 1 N–H and O–H groups in total. The number of piperazine rings is 1. The van der Waals surface area contributed by atoms with Crippen molar-refractivity contribution in [3.63, 3.8) is 0 Å². The smallest absolute Gasteiger partial charge is 0.245 e. The van der Waals surface area contributed by atoms with Crippen molar-refractivity contribution >= 4 is 11.8 Å². The van der Waals surface area contributed by atoms with E-state index in [1.807, 2.05) is 24.3 Å². The number of rotatable bonds is 3. The van der Waals surface area contributed by atoms with Crippen molar-refractivity contribution in [2.24, 2.45) is 5.92 Å². The standard InChI is InChI=1S/C16H18N2O3/c19-14-8-18(16(20)15(17-14)10-5-6-10)7-11-9-21-13-4-2-1-3-12(11)13/h1-4,10-11,15H,5-9H2,(H,17,19). The molecule has 2 unspecified atom stereocenters. The number of hydrogen-bond acceptors (Lipinski definition) is 3. The number of carbonyl (C=O) groups is 2. The Kier molecular flexibility index (Phi) is 2.87. The minimum Gasteiger partial charge on any atom is -0.493 e. The molecule has 1 aliphatic carbocycles. The third kappa shape index (κ3) is 2.26. The van der Waals surface area contributed by atoms with Crippen LogP contribution >= 0.6 is 0 Å². The summed E-state index contributed by atoms with van der Waals surface area (Å²) >= 11 is 0. The van der Waals surface area contributed by atoms with Gasteiger partial charge in [0.05, 0.1) is 13.2 Å². The molecule has 0 bridgehead atoms. The number of amides is 2. The molecule has 2 atom stereocenters. The zero-order valence-electron chi connectivity index (χ0n) is 11.7. The Morgan fingerprint density at radius 2 is 2.05 bits per heavy atom. The van der Waals surface area contributed by atoms with Crippen molar-refractivity contribution in [3.05, 3.63) is 29.8 Å². The van der Waals surface area contributed by atoms with Gasteiger partial charge in [-0.1, -0.05) is 18.2 Å². The molecular weight excluding hydrogens is 268 g/mol. The predicted molar refractivity (Wildman–Crippen MR) is 75.9 cm³/mol. The second-order valence-corrected chi connectivity index (χ2v) is 6.15. The van der Waals surface area contributed by atoms with Gasteiger partial charge in [-0.2, -0.15) is 0 Å². The maximum Gasteiger partial charge on any atom is 0.245 e. The molecule has 2 amide bonds. The molecule has 0 aromatic heterocycles. The summed E-state index contributed by atoms with van der Waals surface area (Å²) in [5, 5.41) is 2.84. The van der Waals surface area contributed by atoms with Gasteiger partial charge in [0.1, 0.15) is 11.8 Å². The summed E-state index contributed by atoms with van der Waals surface area (Å²) in [5.74, 6) is 1.43. The van der Waals surface area contributed by atoms with E-state index in [4.69, 9.17) is 4.74 Å². The molecule has 0 radical (unpaired) electrons. The lowest BCUT2D eigenvalue weighted by molar-refractivity contribution is -0.145. The monoisotopic (exact) mass is 286 g/mol. The van der Waals surface area contributed by atoms with E-state index in [-0.39, 0.29) is 30.3 Å². The van der Waals surface area contributed by atoms with Crippen LogP contribution in [0.3, 0.4) is 0 Å². The van der Waals surface area contributed by atoms with E-state index in [1.54, 1.807) is 4.90 Å². The van der Waals surface area contributed by atoms with Gasteiger partial charge in [-0.15, -0.1) is 0 Å². The second-order valence-electron chi connectivity index (χ2n) is 6.15. The fourth-order valence-electron chi connectivity index (χ4n) is 3.28. The lowest BCUT2D eigenvalue weighted by atomic mass is 9.99. The van der Waals surface area contributed by atoms with Crippen molar-refractivity contribution in [2.75, 3.05) is 19.7 Å². The van der Waals surface area contributed by atoms with Crippen LogP contribution in [-0.2, 0) is 9.59 Å². The molecule has 1 aromatic rings. The van der Waals surface area contributed by atoms with Gasteiger partial charge in [0, 0.05) is 18.0 Å². The van der Waals surface area contributed by atoms with Crippen LogP contribution in [0.2, 0.25) is 0 Å². The third-order valence-electron chi connectivity index (χ3n) is 4.56. The van der Waals surface area contributed by atoms with E-state index in [0.29, 0.717) is 19.1 Å². The summed E-state index contributed by atoms with van der Waals surface area (Å²) in [6, 6.07) is 7.62. The average molecular weight is 286 g/mol. The Bertz CT molecular complexity index is 597. The van der Waals surface area contributed by atoms with Gasteiger partial charge in [-0.3, -0.25) is 9.59 Å². The number of carbonyl (C=O) groups excluding carboxylic acids is 2. The van der Waals surface area contributed by atoms with Gasteiger partial charge in [0.15, 0.2) is 0 Å². The van der Waals surface area contributed by atoms with Crippen molar-refractivity contribution in [1.29, 1.82) is 0 Å². The molecule has 1 saturated heterocycles. The van der Waals surface area contributed by atoms with Gasteiger partial charge in [0.25, 0.3) is 0 Å². The zero-order chi connectivity index (χ0) is 14.4. The number of benzene rings is 1. The fraction of sp³-hybridized carbons (Fsp3) is 0.500. The Morgan fingerprint density at radius 1 is 1.24 bits per heavy atom. The first-order chi connectivity index (χ1) is 10.2. The first-order valence-electron chi connectivity index (χ1n) is 7.52. The number of ether oxygens (including phenoxy) is 1. The highest BCUT2D eigenvalue weighted by Crippen LogP contribution is 2.36. The molecule has 2 fully saturated rings. The quantitative estimate of drug-likeness (QED) is 0.898. The average Bonchev–Trinajstić information content (AvgIpc) is 3.25. The van der Waals surface area contributed by atoms with E-state index in [0.717, 1.165) is 24.2 Å².